The second-order valence-corrected chi connectivity index (χ2v) is 6.63. The number of aryl methyl sites for hydroxylation is 1. The number of nitrogens with zero attached hydrogens (tertiary/aromatic N) is 2. The third kappa shape index (κ3) is 3.02. The molecule has 1 aromatic rings. The van der Waals surface area contributed by atoms with Crippen molar-refractivity contribution < 1.29 is 9.53 Å². The first-order valence-electron chi connectivity index (χ1n) is 5.87. The van der Waals surface area contributed by atoms with E-state index in [2.05, 4.69) is 4.98 Å². The number of thiazole rings is 1. The van der Waals surface area contributed by atoms with Gasteiger partial charge in [-0.2, -0.15) is 0 Å². The zero-order valence-electron chi connectivity index (χ0n) is 10.8. The molecule has 2 rings (SSSR count). The number of aromatic nitrogens is 1. The minimum Gasteiger partial charge on any atom is -0.367 e. The number of hydrogen-bond donors (Lipinski definition) is 0. The Bertz CT molecular complexity index is 447. The van der Waals surface area contributed by atoms with Gasteiger partial charge in [-0.25, -0.2) is 4.98 Å². The van der Waals surface area contributed by atoms with Gasteiger partial charge in [0.15, 0.2) is 0 Å². The highest BCUT2D eigenvalue weighted by Gasteiger charge is 2.35. The van der Waals surface area contributed by atoms with E-state index in [1.807, 2.05) is 25.7 Å². The second kappa shape index (κ2) is 5.15. The first-order chi connectivity index (χ1) is 8.41. The van der Waals surface area contributed by atoms with Crippen molar-refractivity contribution in [2.75, 3.05) is 19.0 Å². The van der Waals surface area contributed by atoms with Crippen LogP contribution in [-0.4, -0.2) is 46.5 Å². The van der Waals surface area contributed by atoms with Gasteiger partial charge in [0.05, 0.1) is 28.8 Å². The summed E-state index contributed by atoms with van der Waals surface area (Å²) in [5.74, 6) is 0.418. The minimum atomic E-state index is -0.354. The summed E-state index contributed by atoms with van der Waals surface area (Å²) in [4.78, 5) is 19.0. The van der Waals surface area contributed by atoms with Gasteiger partial charge in [0.25, 0.3) is 5.91 Å². The maximum Gasteiger partial charge on any atom is 0.265 e. The normalized spacial score (nSPS) is 23.1. The van der Waals surface area contributed by atoms with Crippen LogP contribution < -0.4 is 0 Å². The van der Waals surface area contributed by atoms with Crippen LogP contribution in [0.4, 0.5) is 0 Å². The fourth-order valence-electron chi connectivity index (χ4n) is 2.15. The predicted octanol–water partition coefficient (Wildman–Crippen LogP) is 2.31. The van der Waals surface area contributed by atoms with Crippen LogP contribution in [0.15, 0.2) is 6.20 Å². The van der Waals surface area contributed by atoms with Crippen molar-refractivity contribution in [3.05, 3.63) is 16.1 Å². The van der Waals surface area contributed by atoms with Crippen LogP contribution in [0.2, 0.25) is 0 Å². The first-order valence-corrected chi connectivity index (χ1v) is 7.22. The van der Waals surface area contributed by atoms with Crippen molar-refractivity contribution in [3.63, 3.8) is 0 Å². The SMILES string of the molecule is Cc1ncc(C(=O)N2CC(CCl)OC(C)(C)C2)s1. The Labute approximate surface area is 116 Å². The number of amides is 1. The lowest BCUT2D eigenvalue weighted by Gasteiger charge is -2.42. The van der Waals surface area contributed by atoms with Gasteiger partial charge in [-0.05, 0) is 20.8 Å². The van der Waals surface area contributed by atoms with Crippen molar-refractivity contribution in [3.8, 4) is 0 Å². The highest BCUT2D eigenvalue weighted by Crippen LogP contribution is 2.24. The lowest BCUT2D eigenvalue weighted by Crippen LogP contribution is -2.55. The summed E-state index contributed by atoms with van der Waals surface area (Å²) in [7, 11) is 0. The number of alkyl halides is 1. The summed E-state index contributed by atoms with van der Waals surface area (Å²) in [5, 5.41) is 0.903. The van der Waals surface area contributed by atoms with Gasteiger partial charge in [-0.1, -0.05) is 0 Å². The number of carbonyl (C=O) groups is 1. The van der Waals surface area contributed by atoms with Gasteiger partial charge >= 0.3 is 0 Å². The average molecular weight is 289 g/mol. The average Bonchev–Trinajstić information content (AvgIpc) is 2.72. The van der Waals surface area contributed by atoms with Gasteiger partial charge in [0.2, 0.25) is 0 Å². The Morgan fingerprint density at radius 1 is 1.72 bits per heavy atom. The molecule has 2 heterocycles. The van der Waals surface area contributed by atoms with E-state index in [1.54, 1.807) is 6.20 Å². The molecule has 0 spiro atoms. The standard InChI is InChI=1S/C12H17ClN2O2S/c1-8-14-5-10(18-8)11(16)15-6-9(4-13)17-12(2,3)7-15/h5,9H,4,6-7H2,1-3H3. The summed E-state index contributed by atoms with van der Waals surface area (Å²) in [5.41, 5.74) is -0.354. The highest BCUT2D eigenvalue weighted by molar-refractivity contribution is 7.13. The molecule has 0 radical (unpaired) electrons. The van der Waals surface area contributed by atoms with E-state index in [1.165, 1.54) is 11.3 Å². The number of hydrogen-bond acceptors (Lipinski definition) is 4. The van der Waals surface area contributed by atoms with E-state index in [0.717, 1.165) is 5.01 Å². The van der Waals surface area contributed by atoms with Crippen LogP contribution in [0.5, 0.6) is 0 Å². The third-order valence-electron chi connectivity index (χ3n) is 2.77. The molecule has 1 unspecified atom stereocenters. The van der Waals surface area contributed by atoms with E-state index in [-0.39, 0.29) is 17.6 Å². The molecular weight excluding hydrogens is 272 g/mol. The zero-order chi connectivity index (χ0) is 13.3. The molecule has 1 atom stereocenters. The van der Waals surface area contributed by atoms with Crippen molar-refractivity contribution >= 4 is 28.8 Å². The van der Waals surface area contributed by atoms with Gasteiger partial charge in [-0.15, -0.1) is 22.9 Å². The van der Waals surface area contributed by atoms with E-state index < -0.39 is 0 Å². The molecule has 1 fully saturated rings. The first kappa shape index (κ1) is 13.8. The fraction of sp³-hybridized carbons (Fsp3) is 0.667. The number of carbonyl (C=O) groups excluding carboxylic acids is 1. The molecule has 1 aliphatic rings. The number of morpholine rings is 1. The molecule has 0 aliphatic carbocycles. The molecule has 6 heteroatoms. The monoisotopic (exact) mass is 288 g/mol. The van der Waals surface area contributed by atoms with E-state index in [4.69, 9.17) is 16.3 Å². The lowest BCUT2D eigenvalue weighted by molar-refractivity contribution is -0.117. The minimum absolute atomic E-state index is 0.0205. The van der Waals surface area contributed by atoms with Gasteiger partial charge in [-0.3, -0.25) is 4.79 Å². The second-order valence-electron chi connectivity index (χ2n) is 5.08. The Morgan fingerprint density at radius 2 is 2.44 bits per heavy atom. The van der Waals surface area contributed by atoms with Crippen LogP contribution in [0.25, 0.3) is 0 Å². The quantitative estimate of drug-likeness (QED) is 0.784. The summed E-state index contributed by atoms with van der Waals surface area (Å²) in [6.07, 6.45) is 1.54. The Kier molecular flexibility index (Phi) is 3.94. The van der Waals surface area contributed by atoms with Crippen molar-refractivity contribution in [2.45, 2.75) is 32.5 Å². The molecule has 0 aromatic carbocycles. The molecule has 0 saturated carbocycles. The van der Waals surface area contributed by atoms with E-state index in [0.29, 0.717) is 23.8 Å². The molecule has 0 bridgehead atoms. The Morgan fingerprint density at radius 3 is 3.00 bits per heavy atom. The molecule has 4 nitrogen and oxygen atoms in total. The van der Waals surface area contributed by atoms with Crippen LogP contribution in [-0.2, 0) is 4.74 Å². The third-order valence-corrected chi connectivity index (χ3v) is 4.02. The summed E-state index contributed by atoms with van der Waals surface area (Å²) >= 11 is 7.28. The van der Waals surface area contributed by atoms with E-state index >= 15 is 0 Å². The smallest absolute Gasteiger partial charge is 0.265 e. The summed E-state index contributed by atoms with van der Waals surface area (Å²) < 4.78 is 5.81. The van der Waals surface area contributed by atoms with Crippen LogP contribution in [0.3, 0.4) is 0 Å². The molecule has 100 valence electrons. The molecule has 1 amide bonds. The molecular formula is C12H17ClN2O2S. The summed E-state index contributed by atoms with van der Waals surface area (Å²) in [6, 6.07) is 0. The van der Waals surface area contributed by atoms with Crippen LogP contribution in [0.1, 0.15) is 28.5 Å². The topological polar surface area (TPSA) is 42.4 Å². The largest absolute Gasteiger partial charge is 0.367 e. The zero-order valence-corrected chi connectivity index (χ0v) is 12.3. The maximum atomic E-state index is 12.4. The maximum absolute atomic E-state index is 12.4. The van der Waals surface area contributed by atoms with Gasteiger partial charge in [0, 0.05) is 13.1 Å². The van der Waals surface area contributed by atoms with Crippen LogP contribution in [0, 0.1) is 6.92 Å². The van der Waals surface area contributed by atoms with Gasteiger partial charge in [0.1, 0.15) is 4.88 Å². The van der Waals surface area contributed by atoms with Crippen molar-refractivity contribution in [1.82, 2.24) is 9.88 Å². The summed E-state index contributed by atoms with van der Waals surface area (Å²) in [6.45, 7) is 6.97. The molecule has 18 heavy (non-hydrogen) atoms. The number of rotatable bonds is 2. The van der Waals surface area contributed by atoms with Crippen molar-refractivity contribution in [1.29, 1.82) is 0 Å². The molecule has 1 aliphatic heterocycles. The fourth-order valence-corrected chi connectivity index (χ4v) is 3.05. The number of ether oxygens (including phenoxy) is 1. The van der Waals surface area contributed by atoms with Gasteiger partial charge < -0.3 is 9.64 Å². The van der Waals surface area contributed by atoms with Crippen molar-refractivity contribution in [2.24, 2.45) is 0 Å². The molecule has 1 saturated heterocycles. The number of halogens is 1. The van der Waals surface area contributed by atoms with Crippen LogP contribution >= 0.6 is 22.9 Å². The molecule has 0 N–H and O–H groups in total. The highest BCUT2D eigenvalue weighted by atomic mass is 35.5. The molecule has 1 aromatic heterocycles. The Balaban J connectivity index is 2.14. The predicted molar refractivity (Wildman–Crippen MR) is 72.4 cm³/mol. The Hall–Kier alpha value is -0.650. The lowest BCUT2D eigenvalue weighted by atomic mass is 10.1. The van der Waals surface area contributed by atoms with E-state index in [9.17, 15) is 4.79 Å².